The maximum atomic E-state index is 13.2. The van der Waals surface area contributed by atoms with Crippen molar-refractivity contribution >= 4 is 51.2 Å². The fourth-order valence-corrected chi connectivity index (χ4v) is 13.4. The molecule has 0 bridgehead atoms. The van der Waals surface area contributed by atoms with Crippen LogP contribution in [-0.4, -0.2) is 136 Å². The van der Waals surface area contributed by atoms with Gasteiger partial charge in [-0.05, 0) is 89.9 Å². The van der Waals surface area contributed by atoms with Gasteiger partial charge in [-0.1, -0.05) is 258 Å². The van der Waals surface area contributed by atoms with Gasteiger partial charge in [-0.25, -0.2) is 9.13 Å². The number of hydrogen-bond donors (Lipinski definition) is 6. The highest BCUT2D eigenvalue weighted by molar-refractivity contribution is 7.47. The molecule has 6 atom stereocenters. The molecule has 105 heavy (non-hydrogen) atoms. The molecule has 616 valence electrons. The van der Waals surface area contributed by atoms with Crippen molar-refractivity contribution in [2.45, 2.75) is 393 Å². The smallest absolute Gasteiger partial charge is 0.462 e. The number of carbonyl (C=O) groups excluding carboxylic acids is 6. The maximum absolute atomic E-state index is 13.2. The van der Waals surface area contributed by atoms with Gasteiger partial charge in [-0.3, -0.25) is 46.9 Å². The quantitative estimate of drug-likeness (QED) is 0.0108. The van der Waals surface area contributed by atoms with Gasteiger partial charge < -0.3 is 50.0 Å². The van der Waals surface area contributed by atoms with Crippen LogP contribution in [0, 0.1) is 0 Å². The second-order valence-corrected chi connectivity index (χ2v) is 31.4. The standard InChI is InChI=1S/C81H154N4O18P2/c1-7-13-19-25-29-33-37-43-49-55-76(86)84-72(68-96-63-59-74(53-47-41-23-17-11-5)102-80(90)57-51-45-39-35-31-27-21-15-9-3)70-100-104(92,93)98-65-61-82-78(88)67-79(89)83-62-66-99-105(94,95)101-71-73(85-77(87)56-50-44-38-34-30-26-20-14-8-2)69-97-64-60-75(54-48-42-24-18-12-6)103-81(91)58-52-46-40-36-32-28-22-16-10-4/h35-36,39-40,72-75H,7-34,37-38,41-71H2,1-6H3,(H,82,88)(H,83,89)(H,84,86)(H,85,87)(H,92,93)(H,94,95)/b39-35-,40-36-/t72?,73?,74-,75-/m1/s1. The highest BCUT2D eigenvalue weighted by Crippen LogP contribution is 2.44. The zero-order valence-electron chi connectivity index (χ0n) is 67.1. The molecule has 0 aliphatic heterocycles. The van der Waals surface area contributed by atoms with E-state index >= 15 is 0 Å². The molecule has 0 heterocycles. The average molecular weight is 1530 g/mol. The van der Waals surface area contributed by atoms with Crippen LogP contribution < -0.4 is 21.3 Å². The summed E-state index contributed by atoms with van der Waals surface area (Å²) in [6.45, 7) is 11.1. The SMILES string of the molecule is CCCCCC/C=C\CCCC(=O)O[C@H](CCCCCCC)CCOCC(COP(=O)(O)OCCNC(=O)CC(=O)NCCOP(=O)(O)OCC(COCC[C@@H](CCCCCCC)OC(=O)CCC/C=C\CCCCCC)NC(=O)CCCCCCCCCCC)NC(=O)CCCCCCCCCCC. The Labute approximate surface area is 637 Å². The van der Waals surface area contributed by atoms with E-state index in [1.165, 1.54) is 116 Å². The minimum Gasteiger partial charge on any atom is -0.462 e. The van der Waals surface area contributed by atoms with Crippen LogP contribution in [0.1, 0.15) is 369 Å². The summed E-state index contributed by atoms with van der Waals surface area (Å²) in [5.74, 6) is -2.46. The Kier molecular flexibility index (Phi) is 72.0. The maximum Gasteiger partial charge on any atom is 0.472 e. The summed E-state index contributed by atoms with van der Waals surface area (Å²) >= 11 is 0. The van der Waals surface area contributed by atoms with Crippen LogP contribution in [0.5, 0.6) is 0 Å². The van der Waals surface area contributed by atoms with Gasteiger partial charge in [-0.15, -0.1) is 0 Å². The fourth-order valence-electron chi connectivity index (χ4n) is 11.9. The first-order valence-electron chi connectivity index (χ1n) is 42.1. The molecule has 0 aromatic carbocycles. The van der Waals surface area contributed by atoms with E-state index in [1.54, 1.807) is 0 Å². The second kappa shape index (κ2) is 74.5. The molecule has 0 aliphatic rings. The van der Waals surface area contributed by atoms with Gasteiger partial charge in [0.15, 0.2) is 0 Å². The molecule has 0 saturated carbocycles. The number of esters is 2. The van der Waals surface area contributed by atoms with Gasteiger partial charge in [0, 0.05) is 51.6 Å². The molecule has 24 heteroatoms. The van der Waals surface area contributed by atoms with Gasteiger partial charge >= 0.3 is 27.6 Å². The van der Waals surface area contributed by atoms with Crippen molar-refractivity contribution in [3.8, 4) is 0 Å². The topological polar surface area (TPSA) is 299 Å². The van der Waals surface area contributed by atoms with Crippen LogP contribution in [-0.2, 0) is 74.9 Å². The number of carbonyl (C=O) groups is 6. The molecular weight excluding hydrogens is 1380 g/mol. The van der Waals surface area contributed by atoms with Crippen LogP contribution in [0.3, 0.4) is 0 Å². The summed E-state index contributed by atoms with van der Waals surface area (Å²) in [5.41, 5.74) is 0. The molecule has 0 aromatic rings. The second-order valence-electron chi connectivity index (χ2n) is 28.5. The summed E-state index contributed by atoms with van der Waals surface area (Å²) < 4.78 is 71.2. The van der Waals surface area contributed by atoms with E-state index in [0.29, 0.717) is 64.2 Å². The number of unbranched alkanes of at least 4 members (excludes halogenated alkanes) is 34. The van der Waals surface area contributed by atoms with E-state index in [4.69, 9.17) is 37.0 Å². The summed E-state index contributed by atoms with van der Waals surface area (Å²) in [4.78, 5) is 99.1. The van der Waals surface area contributed by atoms with E-state index in [9.17, 15) is 47.7 Å². The Bertz CT molecular complexity index is 2100. The number of phosphoric acid groups is 2. The van der Waals surface area contributed by atoms with E-state index in [2.05, 4.69) is 87.1 Å². The number of allylic oxidation sites excluding steroid dienone is 4. The molecule has 0 aromatic heterocycles. The lowest BCUT2D eigenvalue weighted by Gasteiger charge is -2.22. The van der Waals surface area contributed by atoms with E-state index < -0.39 is 72.4 Å². The van der Waals surface area contributed by atoms with Crippen LogP contribution in [0.4, 0.5) is 0 Å². The predicted octanol–water partition coefficient (Wildman–Crippen LogP) is 19.4. The molecule has 22 nitrogen and oxygen atoms in total. The molecule has 0 radical (unpaired) electrons. The largest absolute Gasteiger partial charge is 0.472 e. The van der Waals surface area contributed by atoms with Gasteiger partial charge in [0.05, 0.1) is 64.9 Å². The monoisotopic (exact) mass is 1530 g/mol. The van der Waals surface area contributed by atoms with Crippen LogP contribution in [0.15, 0.2) is 24.3 Å². The fraction of sp³-hybridized carbons (Fsp3) is 0.877. The highest BCUT2D eigenvalue weighted by atomic mass is 31.2. The van der Waals surface area contributed by atoms with E-state index in [-0.39, 0.29) is 88.3 Å². The summed E-state index contributed by atoms with van der Waals surface area (Å²) in [6, 6.07) is -1.65. The van der Waals surface area contributed by atoms with E-state index in [1.807, 2.05) is 0 Å². The number of amides is 4. The van der Waals surface area contributed by atoms with Gasteiger partial charge in [0.25, 0.3) is 0 Å². The number of ether oxygens (including phenoxy) is 4. The lowest BCUT2D eigenvalue weighted by Crippen LogP contribution is -2.41. The van der Waals surface area contributed by atoms with Gasteiger partial charge in [0.1, 0.15) is 18.6 Å². The van der Waals surface area contributed by atoms with Crippen molar-refractivity contribution in [2.24, 2.45) is 0 Å². The molecule has 0 rings (SSSR count). The summed E-state index contributed by atoms with van der Waals surface area (Å²) in [5, 5.41) is 10.7. The lowest BCUT2D eigenvalue weighted by atomic mass is 10.1. The lowest BCUT2D eigenvalue weighted by molar-refractivity contribution is -0.151. The minimum absolute atomic E-state index is 0.0540. The summed E-state index contributed by atoms with van der Waals surface area (Å²) in [7, 11) is -9.46. The molecule has 0 aliphatic carbocycles. The number of hydrogen-bond acceptors (Lipinski definition) is 16. The molecule has 0 spiro atoms. The number of nitrogens with one attached hydrogen (secondary N) is 4. The highest BCUT2D eigenvalue weighted by Gasteiger charge is 2.27. The zero-order chi connectivity index (χ0) is 77.2. The third-order valence-corrected chi connectivity index (χ3v) is 20.2. The zero-order valence-corrected chi connectivity index (χ0v) is 68.9. The van der Waals surface area contributed by atoms with Crippen LogP contribution in [0.2, 0.25) is 0 Å². The Morgan fingerprint density at radius 2 is 0.619 bits per heavy atom. The van der Waals surface area contributed by atoms with Crippen molar-refractivity contribution in [3.63, 3.8) is 0 Å². The van der Waals surface area contributed by atoms with Gasteiger partial charge in [-0.2, -0.15) is 0 Å². The van der Waals surface area contributed by atoms with Crippen LogP contribution >= 0.6 is 15.6 Å². The predicted molar refractivity (Wildman–Crippen MR) is 423 cm³/mol. The Morgan fingerprint density at radius 3 is 0.952 bits per heavy atom. The molecule has 6 N–H and O–H groups in total. The van der Waals surface area contributed by atoms with Gasteiger partial charge in [0.2, 0.25) is 23.6 Å². The number of phosphoric ester groups is 2. The molecular formula is C81H154N4O18P2. The third kappa shape index (κ3) is 71.8. The normalized spacial score (nSPS) is 14.0. The first-order valence-corrected chi connectivity index (χ1v) is 45.1. The molecule has 0 fully saturated rings. The summed E-state index contributed by atoms with van der Waals surface area (Å²) in [6.07, 6.45) is 55.9. The van der Waals surface area contributed by atoms with Crippen molar-refractivity contribution < 1.29 is 84.7 Å². The average Bonchev–Trinajstić information content (AvgIpc) is 0.924. The van der Waals surface area contributed by atoms with Crippen molar-refractivity contribution in [1.82, 2.24) is 21.3 Å². The van der Waals surface area contributed by atoms with Crippen molar-refractivity contribution in [2.75, 3.05) is 65.9 Å². The Morgan fingerprint density at radius 1 is 0.324 bits per heavy atom. The first-order chi connectivity index (χ1) is 50.9. The first kappa shape index (κ1) is 101. The Balaban J connectivity index is 5.49. The molecule has 0 saturated heterocycles. The van der Waals surface area contributed by atoms with Crippen LogP contribution in [0.25, 0.3) is 0 Å². The van der Waals surface area contributed by atoms with Crippen molar-refractivity contribution in [1.29, 1.82) is 0 Å². The third-order valence-electron chi connectivity index (χ3n) is 18.2. The van der Waals surface area contributed by atoms with E-state index in [0.717, 1.165) is 128 Å². The molecule has 4 amide bonds. The Hall–Kier alpha value is -3.56. The van der Waals surface area contributed by atoms with Crippen molar-refractivity contribution in [3.05, 3.63) is 24.3 Å². The number of rotatable bonds is 80. The minimum atomic E-state index is -4.73. The molecule has 4 unspecified atom stereocenters.